The molecule has 1 heterocycles. The van der Waals surface area contributed by atoms with Crippen LogP contribution in [0, 0.1) is 0 Å². The molecule has 0 fully saturated rings. The zero-order valence-electron chi connectivity index (χ0n) is 18.7. The molecule has 0 saturated carbocycles. The lowest BCUT2D eigenvalue weighted by atomic mass is 9.83. The molecule has 0 unspecified atom stereocenters. The average Bonchev–Trinajstić information content (AvgIpc) is 2.84. The summed E-state index contributed by atoms with van der Waals surface area (Å²) in [6, 6.07) is 22.2. The molecule has 7 heteroatoms. The molecule has 1 atom stereocenters. The number of ether oxygens (including phenoxy) is 1. The van der Waals surface area contributed by atoms with Crippen LogP contribution in [0.4, 0.5) is 5.69 Å². The van der Waals surface area contributed by atoms with E-state index in [2.05, 4.69) is 23.9 Å². The minimum absolute atomic E-state index is 0.168. The molecule has 1 aliphatic rings. The lowest BCUT2D eigenvalue weighted by Crippen LogP contribution is -2.44. The molecule has 0 spiro atoms. The molecule has 1 amide bonds. The van der Waals surface area contributed by atoms with Gasteiger partial charge in [-0.1, -0.05) is 50.2 Å². The molecule has 2 N–H and O–H groups in total. The van der Waals surface area contributed by atoms with Gasteiger partial charge in [0.25, 0.3) is 15.9 Å². The highest BCUT2D eigenvalue weighted by atomic mass is 32.2. The molecule has 172 valence electrons. The Labute approximate surface area is 195 Å². The minimum atomic E-state index is -3.69. The summed E-state index contributed by atoms with van der Waals surface area (Å²) in [7, 11) is -3.69. The van der Waals surface area contributed by atoms with Crippen molar-refractivity contribution in [1.29, 1.82) is 0 Å². The van der Waals surface area contributed by atoms with Crippen molar-refractivity contribution in [3.63, 3.8) is 0 Å². The van der Waals surface area contributed by atoms with Crippen LogP contribution in [0.1, 0.15) is 55.1 Å². The molecule has 0 radical (unpaired) electrons. The van der Waals surface area contributed by atoms with E-state index < -0.39 is 10.0 Å². The van der Waals surface area contributed by atoms with Gasteiger partial charge in [-0.3, -0.25) is 9.52 Å². The van der Waals surface area contributed by atoms with E-state index in [0.29, 0.717) is 17.7 Å². The third kappa shape index (κ3) is 4.88. The van der Waals surface area contributed by atoms with Crippen LogP contribution < -0.4 is 14.8 Å². The highest BCUT2D eigenvalue weighted by molar-refractivity contribution is 7.92. The molecule has 3 aromatic rings. The van der Waals surface area contributed by atoms with Crippen LogP contribution in [0.5, 0.6) is 5.75 Å². The third-order valence-corrected chi connectivity index (χ3v) is 7.64. The van der Waals surface area contributed by atoms with Crippen molar-refractivity contribution >= 4 is 21.6 Å². The molecule has 6 nitrogen and oxygen atoms in total. The molecular formula is C26H28N2O4S. The van der Waals surface area contributed by atoms with E-state index in [1.807, 2.05) is 24.3 Å². The number of amides is 1. The first-order chi connectivity index (χ1) is 15.9. The van der Waals surface area contributed by atoms with Gasteiger partial charge in [-0.2, -0.15) is 0 Å². The van der Waals surface area contributed by atoms with Crippen LogP contribution in [0.2, 0.25) is 0 Å². The average molecular weight is 465 g/mol. The van der Waals surface area contributed by atoms with Crippen LogP contribution in [0.15, 0.2) is 83.8 Å². The van der Waals surface area contributed by atoms with E-state index in [0.717, 1.165) is 24.2 Å². The molecule has 0 aliphatic carbocycles. The Morgan fingerprint density at radius 1 is 0.939 bits per heavy atom. The Morgan fingerprint density at radius 3 is 2.24 bits per heavy atom. The van der Waals surface area contributed by atoms with Gasteiger partial charge in [0.05, 0.1) is 10.9 Å². The van der Waals surface area contributed by atoms with Gasteiger partial charge in [0.2, 0.25) is 0 Å². The first-order valence-corrected chi connectivity index (χ1v) is 12.6. The number of anilines is 1. The quantitative estimate of drug-likeness (QED) is 0.497. The number of sulfonamides is 1. The van der Waals surface area contributed by atoms with Gasteiger partial charge in [-0.15, -0.1) is 0 Å². The fourth-order valence-corrected chi connectivity index (χ4v) is 5.25. The van der Waals surface area contributed by atoms with E-state index >= 15 is 0 Å². The van der Waals surface area contributed by atoms with Gasteiger partial charge in [0.15, 0.2) is 0 Å². The number of para-hydroxylation sites is 1. The van der Waals surface area contributed by atoms with Crippen LogP contribution in [0.25, 0.3) is 0 Å². The van der Waals surface area contributed by atoms with E-state index in [4.69, 9.17) is 4.74 Å². The van der Waals surface area contributed by atoms with Gasteiger partial charge < -0.3 is 10.1 Å². The maximum absolute atomic E-state index is 13.0. The van der Waals surface area contributed by atoms with Crippen LogP contribution in [0.3, 0.4) is 0 Å². The predicted molar refractivity (Wildman–Crippen MR) is 129 cm³/mol. The van der Waals surface area contributed by atoms with Crippen molar-refractivity contribution in [3.8, 4) is 5.75 Å². The molecule has 4 rings (SSSR count). The Balaban J connectivity index is 1.50. The van der Waals surface area contributed by atoms with Gasteiger partial charge in [-0.05, 0) is 55.3 Å². The van der Waals surface area contributed by atoms with Crippen molar-refractivity contribution in [2.45, 2.75) is 49.6 Å². The Kier molecular flexibility index (Phi) is 6.42. The maximum atomic E-state index is 13.0. The number of benzene rings is 3. The Morgan fingerprint density at radius 2 is 1.58 bits per heavy atom. The lowest BCUT2D eigenvalue weighted by Gasteiger charge is -2.41. The minimum Gasteiger partial charge on any atom is -0.487 e. The fraction of sp³-hybridized carbons (Fsp3) is 0.269. The fourth-order valence-electron chi connectivity index (χ4n) is 4.17. The lowest BCUT2D eigenvalue weighted by molar-refractivity contribution is 0.0227. The molecule has 3 aromatic carbocycles. The maximum Gasteiger partial charge on any atom is 0.261 e. The zero-order chi connectivity index (χ0) is 23.5. The molecule has 0 bridgehead atoms. The van der Waals surface area contributed by atoms with Crippen molar-refractivity contribution < 1.29 is 17.9 Å². The van der Waals surface area contributed by atoms with Crippen molar-refractivity contribution in [3.05, 3.63) is 90.0 Å². The first kappa shape index (κ1) is 22.9. The predicted octanol–water partition coefficient (Wildman–Crippen LogP) is 5.30. The molecule has 1 aliphatic heterocycles. The molecule has 0 saturated heterocycles. The number of carbonyl (C=O) groups is 1. The van der Waals surface area contributed by atoms with Gasteiger partial charge in [0, 0.05) is 23.2 Å². The highest BCUT2D eigenvalue weighted by Crippen LogP contribution is 2.42. The largest absolute Gasteiger partial charge is 0.487 e. The Bertz CT molecular complexity index is 1220. The highest BCUT2D eigenvalue weighted by Gasteiger charge is 2.39. The van der Waals surface area contributed by atoms with Gasteiger partial charge in [0.1, 0.15) is 11.4 Å². The van der Waals surface area contributed by atoms with Crippen molar-refractivity contribution in [2.75, 3.05) is 4.72 Å². The number of fused-ring (bicyclic) bond motifs is 1. The summed E-state index contributed by atoms with van der Waals surface area (Å²) in [5.41, 5.74) is 1.50. The number of nitrogens with one attached hydrogen (secondary N) is 2. The molecule has 0 aromatic heterocycles. The van der Waals surface area contributed by atoms with Gasteiger partial charge in [-0.25, -0.2) is 8.42 Å². The smallest absolute Gasteiger partial charge is 0.261 e. The standard InChI is InChI=1S/C26H28N2O4S/c1-3-26(4-2)18-23(22-12-8-9-13-24(22)32-26)27-25(29)19-14-16-20(17-15-19)28-33(30,31)21-10-6-5-7-11-21/h5-17,23,28H,3-4,18H2,1-2H3,(H,27,29)/t23-/m0/s1. The van der Waals surface area contributed by atoms with Crippen molar-refractivity contribution in [1.82, 2.24) is 5.32 Å². The van der Waals surface area contributed by atoms with Crippen LogP contribution in [-0.2, 0) is 10.0 Å². The van der Waals surface area contributed by atoms with Gasteiger partial charge >= 0.3 is 0 Å². The summed E-state index contributed by atoms with van der Waals surface area (Å²) in [4.78, 5) is 13.2. The second kappa shape index (κ2) is 9.27. The number of hydrogen-bond donors (Lipinski definition) is 2. The normalized spacial score (nSPS) is 16.8. The van der Waals surface area contributed by atoms with Crippen LogP contribution in [-0.4, -0.2) is 19.9 Å². The summed E-state index contributed by atoms with van der Waals surface area (Å²) < 4.78 is 33.9. The second-order valence-corrected chi connectivity index (χ2v) is 9.94. The van der Waals surface area contributed by atoms with E-state index in [1.54, 1.807) is 42.5 Å². The second-order valence-electron chi connectivity index (χ2n) is 8.26. The summed E-state index contributed by atoms with van der Waals surface area (Å²) in [5.74, 6) is 0.596. The molecule has 33 heavy (non-hydrogen) atoms. The first-order valence-electron chi connectivity index (χ1n) is 11.1. The van der Waals surface area contributed by atoms with E-state index in [-0.39, 0.29) is 22.4 Å². The zero-order valence-corrected chi connectivity index (χ0v) is 19.6. The summed E-state index contributed by atoms with van der Waals surface area (Å²) in [6.45, 7) is 4.21. The van der Waals surface area contributed by atoms with Crippen molar-refractivity contribution in [2.24, 2.45) is 0 Å². The monoisotopic (exact) mass is 464 g/mol. The number of hydrogen-bond acceptors (Lipinski definition) is 4. The van der Waals surface area contributed by atoms with E-state index in [1.165, 1.54) is 12.1 Å². The topological polar surface area (TPSA) is 84.5 Å². The summed E-state index contributed by atoms with van der Waals surface area (Å²) >= 11 is 0. The van der Waals surface area contributed by atoms with Crippen LogP contribution >= 0.6 is 0 Å². The van der Waals surface area contributed by atoms with E-state index in [9.17, 15) is 13.2 Å². The number of carbonyl (C=O) groups excluding carboxylic acids is 1. The number of rotatable bonds is 7. The summed E-state index contributed by atoms with van der Waals surface area (Å²) in [5, 5.41) is 3.15. The summed E-state index contributed by atoms with van der Waals surface area (Å²) in [6.07, 6.45) is 2.39. The third-order valence-electron chi connectivity index (χ3n) is 6.24. The molecular weight excluding hydrogens is 436 g/mol. The Hall–Kier alpha value is -3.32. The SMILES string of the molecule is CCC1(CC)C[C@H](NC(=O)c2ccc(NS(=O)(=O)c3ccccc3)cc2)c2ccccc2O1.